The smallest absolute Gasteiger partial charge is 0.236 e. The van der Waals surface area contributed by atoms with Crippen molar-refractivity contribution >= 4 is 11.7 Å². The van der Waals surface area contributed by atoms with E-state index >= 15 is 0 Å². The van der Waals surface area contributed by atoms with Gasteiger partial charge < -0.3 is 26.6 Å². The molecule has 0 aliphatic carbocycles. The minimum Gasteiger partial charge on any atom is -0.388 e. The van der Waals surface area contributed by atoms with Crippen LogP contribution in [0.5, 0.6) is 0 Å². The highest BCUT2D eigenvalue weighted by Crippen LogP contribution is 2.41. The van der Waals surface area contributed by atoms with Crippen molar-refractivity contribution in [1.29, 1.82) is 0 Å². The Kier molecular flexibility index (Phi) is 12.4. The number of hydrogen-bond acceptors (Lipinski definition) is 8. The van der Waals surface area contributed by atoms with E-state index in [1.807, 2.05) is 84.9 Å². The number of nitrogens with one attached hydrogen (secondary N) is 3. The molecule has 6 unspecified atom stereocenters. The highest BCUT2D eigenvalue weighted by Gasteiger charge is 2.33. The highest BCUT2D eigenvalue weighted by molar-refractivity contribution is 5.80. The summed E-state index contributed by atoms with van der Waals surface area (Å²) in [6, 6.07) is 30.4. The fraction of sp³-hybridized carbons (Fsp3) is 0.281. The number of pyridine rings is 2. The zero-order valence-electron chi connectivity index (χ0n) is 23.6. The maximum absolute atomic E-state index is 11.4. The van der Waals surface area contributed by atoms with Gasteiger partial charge in [0.15, 0.2) is 0 Å². The van der Waals surface area contributed by atoms with E-state index in [-0.39, 0.29) is 17.9 Å². The van der Waals surface area contributed by atoms with Gasteiger partial charge in [-0.1, -0.05) is 72.8 Å². The summed E-state index contributed by atoms with van der Waals surface area (Å²) >= 11 is 0. The first-order valence-corrected chi connectivity index (χ1v) is 13.6. The summed E-state index contributed by atoms with van der Waals surface area (Å²) in [6.45, 7) is 3.32. The maximum atomic E-state index is 11.4. The van der Waals surface area contributed by atoms with E-state index in [0.717, 1.165) is 22.6 Å². The van der Waals surface area contributed by atoms with Crippen molar-refractivity contribution in [2.75, 3.05) is 12.4 Å². The molecule has 0 aliphatic heterocycles. The fourth-order valence-corrected chi connectivity index (χ4v) is 4.29. The van der Waals surface area contributed by atoms with E-state index in [1.165, 1.54) is 0 Å². The van der Waals surface area contributed by atoms with Crippen molar-refractivity contribution in [1.82, 2.24) is 20.6 Å². The van der Waals surface area contributed by atoms with Crippen LogP contribution in [-0.2, 0) is 4.79 Å². The monoisotopic (exact) mass is 556 g/mol. The Morgan fingerprint density at radius 2 is 1.34 bits per heavy atom. The van der Waals surface area contributed by atoms with E-state index in [9.17, 15) is 15.0 Å². The average molecular weight is 557 g/mol. The van der Waals surface area contributed by atoms with Crippen molar-refractivity contribution < 1.29 is 15.0 Å². The lowest BCUT2D eigenvalue weighted by Gasteiger charge is -2.32. The minimum absolute atomic E-state index is 0.172. The Hall–Kier alpha value is -4.15. The number of anilines is 1. The normalized spacial score (nSPS) is 15.2. The van der Waals surface area contributed by atoms with Gasteiger partial charge in [-0.3, -0.25) is 15.1 Å². The van der Waals surface area contributed by atoms with E-state index < -0.39 is 24.4 Å². The Morgan fingerprint density at radius 1 is 0.780 bits per heavy atom. The molecule has 2 aromatic heterocycles. The van der Waals surface area contributed by atoms with Crippen LogP contribution in [0.25, 0.3) is 0 Å². The van der Waals surface area contributed by atoms with E-state index in [4.69, 9.17) is 5.73 Å². The number of aliphatic hydroxyl groups excluding tert-OH is 2. The van der Waals surface area contributed by atoms with Crippen molar-refractivity contribution in [3.63, 3.8) is 0 Å². The summed E-state index contributed by atoms with van der Waals surface area (Å²) in [7, 11) is 1.54. The molecule has 4 rings (SSSR count). The Bertz CT molecular complexity index is 1280. The molecule has 0 aliphatic rings. The van der Waals surface area contributed by atoms with Gasteiger partial charge in [-0.25, -0.2) is 4.98 Å². The van der Waals surface area contributed by atoms with Gasteiger partial charge in [0.1, 0.15) is 12.0 Å². The summed E-state index contributed by atoms with van der Waals surface area (Å²) in [4.78, 5) is 20.0. The molecule has 216 valence electrons. The summed E-state index contributed by atoms with van der Waals surface area (Å²) in [5.41, 5.74) is 8.11. The topological polar surface area (TPSA) is 145 Å². The lowest BCUT2D eigenvalue weighted by atomic mass is 9.82. The first-order valence-electron chi connectivity index (χ1n) is 13.6. The molecule has 2 aromatic carbocycles. The van der Waals surface area contributed by atoms with Gasteiger partial charge in [-0.15, -0.1) is 0 Å². The molecule has 0 saturated carbocycles. The second-order valence-electron chi connectivity index (χ2n) is 9.69. The molecular formula is C32H40N6O3. The zero-order chi connectivity index (χ0) is 29.6. The number of aliphatic hydroxyl groups is 2. The second kappa shape index (κ2) is 16.2. The van der Waals surface area contributed by atoms with E-state index in [2.05, 4.69) is 38.1 Å². The number of carbonyl (C=O) groups excluding carboxylic acids is 1. The van der Waals surface area contributed by atoms with Crippen molar-refractivity contribution in [3.05, 3.63) is 126 Å². The SMILES string of the molecule is CNC(=O)C(C)NC(O)C(C)N.OC(c1ccccc1)C(c1ccccn1)C(Nc1ccccn1)c1ccccc1. The summed E-state index contributed by atoms with van der Waals surface area (Å²) in [5, 5.41) is 29.3. The standard InChI is InChI=1S/C25H23N3O.C7H17N3O2/c29-25(20-13-5-2-6-14-20)23(21-15-7-9-17-26-21)24(19-11-3-1-4-12-19)28-22-16-8-10-18-27-22;1-4(8)6(11)10-5(2)7(12)9-3/h1-18,23-25,29H,(H,27,28);4-6,10-11H,8H2,1-3H3,(H,9,12). The van der Waals surface area contributed by atoms with Crippen LogP contribution in [0.3, 0.4) is 0 Å². The second-order valence-corrected chi connectivity index (χ2v) is 9.69. The Morgan fingerprint density at radius 3 is 1.85 bits per heavy atom. The van der Waals surface area contributed by atoms with Crippen LogP contribution in [0.15, 0.2) is 109 Å². The first-order chi connectivity index (χ1) is 19.8. The number of carbonyl (C=O) groups is 1. The van der Waals surface area contributed by atoms with Gasteiger partial charge in [0.25, 0.3) is 0 Å². The van der Waals surface area contributed by atoms with Crippen LogP contribution < -0.4 is 21.7 Å². The van der Waals surface area contributed by atoms with Gasteiger partial charge in [-0.2, -0.15) is 0 Å². The number of rotatable bonds is 11. The van der Waals surface area contributed by atoms with Gasteiger partial charge in [0, 0.05) is 31.2 Å². The van der Waals surface area contributed by atoms with Gasteiger partial charge in [0.2, 0.25) is 5.91 Å². The molecule has 0 spiro atoms. The molecule has 0 bridgehead atoms. The molecule has 0 radical (unpaired) electrons. The molecule has 41 heavy (non-hydrogen) atoms. The zero-order valence-corrected chi connectivity index (χ0v) is 23.6. The van der Waals surface area contributed by atoms with Crippen LogP contribution in [0, 0.1) is 0 Å². The van der Waals surface area contributed by atoms with Crippen LogP contribution >= 0.6 is 0 Å². The predicted octanol–water partition coefficient (Wildman–Crippen LogP) is 3.52. The van der Waals surface area contributed by atoms with Crippen molar-refractivity contribution in [2.45, 2.75) is 50.2 Å². The number of aromatic nitrogens is 2. The molecular weight excluding hydrogens is 516 g/mol. The maximum Gasteiger partial charge on any atom is 0.236 e. The van der Waals surface area contributed by atoms with Gasteiger partial charge >= 0.3 is 0 Å². The van der Waals surface area contributed by atoms with Crippen LogP contribution in [0.1, 0.15) is 48.7 Å². The molecule has 0 fully saturated rings. The van der Waals surface area contributed by atoms with Gasteiger partial charge in [0.05, 0.1) is 24.1 Å². The predicted molar refractivity (Wildman–Crippen MR) is 162 cm³/mol. The highest BCUT2D eigenvalue weighted by atomic mass is 16.3. The van der Waals surface area contributed by atoms with Crippen LogP contribution in [-0.4, -0.2) is 51.4 Å². The molecule has 6 atom stereocenters. The average Bonchev–Trinajstić information content (AvgIpc) is 3.02. The number of likely N-dealkylation sites (N-methyl/N-ethyl adjacent to an activating group) is 1. The number of benzene rings is 2. The number of nitrogens with two attached hydrogens (primary N) is 1. The number of amides is 1. The molecule has 1 amide bonds. The summed E-state index contributed by atoms with van der Waals surface area (Å²) < 4.78 is 0. The molecule has 7 N–H and O–H groups in total. The molecule has 0 saturated heterocycles. The summed E-state index contributed by atoms with van der Waals surface area (Å²) in [5.74, 6) is 0.264. The lowest BCUT2D eigenvalue weighted by molar-refractivity contribution is -0.123. The van der Waals surface area contributed by atoms with Crippen LogP contribution in [0.4, 0.5) is 5.82 Å². The van der Waals surface area contributed by atoms with Gasteiger partial charge in [-0.05, 0) is 49.2 Å². The largest absolute Gasteiger partial charge is 0.388 e. The summed E-state index contributed by atoms with van der Waals surface area (Å²) in [6.07, 6.45) is 1.93. The molecule has 4 aromatic rings. The van der Waals surface area contributed by atoms with Crippen molar-refractivity contribution in [3.8, 4) is 0 Å². The van der Waals surface area contributed by atoms with Crippen molar-refractivity contribution in [2.24, 2.45) is 5.73 Å². The molecule has 2 heterocycles. The lowest BCUT2D eigenvalue weighted by Crippen LogP contribution is -2.51. The Labute approximate surface area is 241 Å². The number of nitrogens with zero attached hydrogens (tertiary/aromatic N) is 2. The fourth-order valence-electron chi connectivity index (χ4n) is 4.29. The van der Waals surface area contributed by atoms with Crippen LogP contribution in [0.2, 0.25) is 0 Å². The van der Waals surface area contributed by atoms with E-state index in [1.54, 1.807) is 33.3 Å². The third-order valence-electron chi connectivity index (χ3n) is 6.56. The third-order valence-corrected chi connectivity index (χ3v) is 6.56. The quantitative estimate of drug-likeness (QED) is 0.154. The molecule has 9 nitrogen and oxygen atoms in total. The van der Waals surface area contributed by atoms with E-state index in [0.29, 0.717) is 0 Å². The number of hydrogen-bond donors (Lipinski definition) is 6. The Balaban J connectivity index is 0.000000327. The molecule has 9 heteroatoms. The third kappa shape index (κ3) is 9.47. The minimum atomic E-state index is -0.850. The first kappa shape index (κ1) is 31.4.